The summed E-state index contributed by atoms with van der Waals surface area (Å²) in [5.74, 6) is -1.64. The average Bonchev–Trinajstić information content (AvgIpc) is 2.58. The quantitative estimate of drug-likeness (QED) is 0.826. The molecule has 0 heterocycles. The second-order valence-corrected chi connectivity index (χ2v) is 5.36. The Hall–Kier alpha value is -2.73. The Kier molecular flexibility index (Phi) is 5.65. The van der Waals surface area contributed by atoms with Crippen LogP contribution in [0.5, 0.6) is 0 Å². The van der Waals surface area contributed by atoms with Crippen LogP contribution in [0, 0.1) is 12.7 Å². The predicted octanol–water partition coefficient (Wildman–Crippen LogP) is 2.81. The largest absolute Gasteiger partial charge is 0.449 e. The molecule has 6 heteroatoms. The van der Waals surface area contributed by atoms with Crippen molar-refractivity contribution < 1.29 is 23.8 Å². The van der Waals surface area contributed by atoms with E-state index in [0.717, 1.165) is 0 Å². The minimum Gasteiger partial charge on any atom is -0.449 e. The van der Waals surface area contributed by atoms with E-state index in [2.05, 4.69) is 5.32 Å². The molecule has 0 aliphatic heterocycles. The lowest BCUT2D eigenvalue weighted by atomic mass is 10.1. The normalized spacial score (nSPS) is 11.7. The van der Waals surface area contributed by atoms with Gasteiger partial charge in [-0.2, -0.15) is 0 Å². The van der Waals surface area contributed by atoms with E-state index in [4.69, 9.17) is 9.84 Å². The predicted molar refractivity (Wildman–Crippen MR) is 87.0 cm³/mol. The third-order valence-electron chi connectivity index (χ3n) is 3.46. The summed E-state index contributed by atoms with van der Waals surface area (Å²) in [6.45, 7) is 2.93. The van der Waals surface area contributed by atoms with Crippen molar-refractivity contribution in [3.8, 4) is 0 Å². The van der Waals surface area contributed by atoms with E-state index < -0.39 is 23.8 Å². The van der Waals surface area contributed by atoms with Crippen molar-refractivity contribution in [1.29, 1.82) is 0 Å². The molecule has 24 heavy (non-hydrogen) atoms. The number of aliphatic hydroxyl groups excluding tert-OH is 1. The van der Waals surface area contributed by atoms with Crippen LogP contribution in [0.4, 0.5) is 10.1 Å². The third-order valence-corrected chi connectivity index (χ3v) is 3.46. The van der Waals surface area contributed by atoms with Crippen LogP contribution in [-0.4, -0.2) is 23.1 Å². The Labute approximate surface area is 139 Å². The second-order valence-electron chi connectivity index (χ2n) is 5.36. The number of amides is 1. The van der Waals surface area contributed by atoms with Gasteiger partial charge in [0.05, 0.1) is 12.2 Å². The zero-order valence-corrected chi connectivity index (χ0v) is 13.4. The van der Waals surface area contributed by atoms with Crippen molar-refractivity contribution in [1.82, 2.24) is 0 Å². The molecule has 2 aromatic rings. The number of hydrogen-bond donors (Lipinski definition) is 2. The number of esters is 1. The molecule has 5 nitrogen and oxygen atoms in total. The molecule has 0 fully saturated rings. The molecule has 2 rings (SSSR count). The summed E-state index contributed by atoms with van der Waals surface area (Å²) in [5.41, 5.74) is 1.70. The lowest BCUT2D eigenvalue weighted by Gasteiger charge is -2.14. The molecule has 0 radical (unpaired) electrons. The first-order chi connectivity index (χ1) is 11.4. The number of benzene rings is 2. The highest BCUT2D eigenvalue weighted by Gasteiger charge is 2.19. The summed E-state index contributed by atoms with van der Waals surface area (Å²) in [6, 6.07) is 10.5. The molecule has 2 N–H and O–H groups in total. The summed E-state index contributed by atoms with van der Waals surface area (Å²) >= 11 is 0. The summed E-state index contributed by atoms with van der Waals surface area (Å²) in [4.78, 5) is 24.0. The van der Waals surface area contributed by atoms with Crippen LogP contribution in [0.1, 0.15) is 28.4 Å². The number of halogens is 1. The van der Waals surface area contributed by atoms with Gasteiger partial charge in [-0.1, -0.05) is 18.2 Å². The van der Waals surface area contributed by atoms with Gasteiger partial charge in [0.2, 0.25) is 0 Å². The smallest absolute Gasteiger partial charge is 0.338 e. The van der Waals surface area contributed by atoms with Gasteiger partial charge < -0.3 is 15.2 Å². The molecule has 0 spiro atoms. The molecule has 0 saturated carbocycles. The molecule has 0 bridgehead atoms. The van der Waals surface area contributed by atoms with Gasteiger partial charge in [0.25, 0.3) is 5.91 Å². The fourth-order valence-corrected chi connectivity index (χ4v) is 1.94. The molecule has 1 amide bonds. The minimum absolute atomic E-state index is 0.124. The van der Waals surface area contributed by atoms with E-state index in [1.807, 2.05) is 0 Å². The van der Waals surface area contributed by atoms with Crippen LogP contribution < -0.4 is 5.32 Å². The number of hydrogen-bond acceptors (Lipinski definition) is 4. The summed E-state index contributed by atoms with van der Waals surface area (Å²) in [7, 11) is 0. The van der Waals surface area contributed by atoms with Crippen LogP contribution in [0.25, 0.3) is 0 Å². The Morgan fingerprint density at radius 2 is 1.88 bits per heavy atom. The highest BCUT2D eigenvalue weighted by Crippen LogP contribution is 2.14. The number of carbonyl (C=O) groups excluding carboxylic acids is 2. The van der Waals surface area contributed by atoms with Gasteiger partial charge in [0, 0.05) is 5.69 Å². The Balaban J connectivity index is 1.97. The number of rotatable bonds is 5. The van der Waals surface area contributed by atoms with Crippen LogP contribution in [-0.2, 0) is 16.1 Å². The van der Waals surface area contributed by atoms with Crippen LogP contribution in [0.2, 0.25) is 0 Å². The molecule has 1 atom stereocenters. The molecule has 0 aliphatic carbocycles. The van der Waals surface area contributed by atoms with Crippen molar-refractivity contribution >= 4 is 17.6 Å². The maximum atomic E-state index is 13.5. The van der Waals surface area contributed by atoms with Crippen molar-refractivity contribution in [2.45, 2.75) is 26.6 Å². The maximum absolute atomic E-state index is 13.5. The Morgan fingerprint density at radius 1 is 1.21 bits per heavy atom. The highest BCUT2D eigenvalue weighted by molar-refractivity contribution is 5.97. The number of carbonyl (C=O) groups is 2. The third kappa shape index (κ3) is 4.39. The highest BCUT2D eigenvalue weighted by atomic mass is 19.1. The average molecular weight is 331 g/mol. The minimum atomic E-state index is -1.04. The number of aryl methyl sites for hydroxylation is 1. The van der Waals surface area contributed by atoms with Gasteiger partial charge >= 0.3 is 5.97 Å². The fraction of sp³-hybridized carbons (Fsp3) is 0.222. The van der Waals surface area contributed by atoms with Gasteiger partial charge in [-0.15, -0.1) is 0 Å². The van der Waals surface area contributed by atoms with Crippen molar-refractivity contribution in [2.24, 2.45) is 0 Å². The Morgan fingerprint density at radius 3 is 2.46 bits per heavy atom. The monoisotopic (exact) mass is 331 g/mol. The molecule has 0 aromatic heterocycles. The lowest BCUT2D eigenvalue weighted by Crippen LogP contribution is -2.30. The van der Waals surface area contributed by atoms with Gasteiger partial charge in [0.1, 0.15) is 5.82 Å². The molecular weight excluding hydrogens is 313 g/mol. The molecular formula is C18H18FNO4. The number of nitrogens with one attached hydrogen (secondary N) is 1. The van der Waals surface area contributed by atoms with Gasteiger partial charge in [-0.25, -0.2) is 9.18 Å². The number of anilines is 1. The molecule has 0 aliphatic rings. The van der Waals surface area contributed by atoms with Gasteiger partial charge in [0.15, 0.2) is 6.10 Å². The maximum Gasteiger partial charge on any atom is 0.338 e. The van der Waals surface area contributed by atoms with Crippen molar-refractivity contribution in [3.63, 3.8) is 0 Å². The first-order valence-electron chi connectivity index (χ1n) is 7.38. The topological polar surface area (TPSA) is 75.6 Å². The SMILES string of the molecule is Cc1ccc(NC(=O)[C@H](C)OC(=O)c2ccc(CO)cc2)cc1F. The van der Waals surface area contributed by atoms with Crippen LogP contribution >= 0.6 is 0 Å². The molecule has 2 aromatic carbocycles. The summed E-state index contributed by atoms with van der Waals surface area (Å²) in [6.07, 6.45) is -1.04. The fourth-order valence-electron chi connectivity index (χ4n) is 1.94. The van der Waals surface area contributed by atoms with E-state index in [0.29, 0.717) is 16.8 Å². The van der Waals surface area contributed by atoms with Crippen LogP contribution in [0.15, 0.2) is 42.5 Å². The van der Waals surface area contributed by atoms with E-state index in [1.165, 1.54) is 25.1 Å². The number of ether oxygens (including phenoxy) is 1. The van der Waals surface area contributed by atoms with E-state index >= 15 is 0 Å². The van der Waals surface area contributed by atoms with Crippen molar-refractivity contribution in [3.05, 3.63) is 65.0 Å². The standard InChI is InChI=1S/C18H18FNO4/c1-11-3-8-15(9-16(11)19)20-17(22)12(2)24-18(23)14-6-4-13(10-21)5-7-14/h3-9,12,21H,10H2,1-2H3,(H,20,22)/t12-/m0/s1. The zero-order valence-electron chi connectivity index (χ0n) is 13.4. The Bertz CT molecular complexity index is 743. The zero-order chi connectivity index (χ0) is 17.7. The van der Waals surface area contributed by atoms with Gasteiger partial charge in [-0.3, -0.25) is 4.79 Å². The van der Waals surface area contributed by atoms with Crippen LogP contribution in [0.3, 0.4) is 0 Å². The molecule has 0 saturated heterocycles. The van der Waals surface area contributed by atoms with E-state index in [-0.39, 0.29) is 12.2 Å². The van der Waals surface area contributed by atoms with Gasteiger partial charge in [-0.05, 0) is 49.2 Å². The van der Waals surface area contributed by atoms with E-state index in [9.17, 15) is 14.0 Å². The first kappa shape index (κ1) is 17.6. The molecule has 0 unspecified atom stereocenters. The number of aliphatic hydroxyl groups is 1. The van der Waals surface area contributed by atoms with Crippen molar-refractivity contribution in [2.75, 3.05) is 5.32 Å². The summed E-state index contributed by atoms with van der Waals surface area (Å²) < 4.78 is 18.6. The van der Waals surface area contributed by atoms with E-state index in [1.54, 1.807) is 31.2 Å². The lowest BCUT2D eigenvalue weighted by molar-refractivity contribution is -0.123. The first-order valence-corrected chi connectivity index (χ1v) is 7.38. The summed E-state index contributed by atoms with van der Waals surface area (Å²) in [5, 5.41) is 11.5. The second kappa shape index (κ2) is 7.70. The molecule has 126 valence electrons.